The summed E-state index contributed by atoms with van der Waals surface area (Å²) in [5.74, 6) is 0. The lowest BCUT2D eigenvalue weighted by atomic mass is 9.94. The first-order valence-corrected chi connectivity index (χ1v) is 8.23. The molecule has 1 heterocycles. The molecule has 0 aromatic rings. The standard InChI is InChI=1S/C9H18O7S2/c1-18(14,17)15-3-2-5-7(11)9(13)8(12)6(4-10)16-5/h5-13H,2-4H2,1H3/t5?,6-,7+,8+,9-,18?/m1/s1. The van der Waals surface area contributed by atoms with Crippen LogP contribution in [-0.2, 0) is 28.9 Å². The number of rotatable bonds is 5. The molecular formula is C9H18O7S2. The van der Waals surface area contributed by atoms with Crippen molar-refractivity contribution in [3.8, 4) is 0 Å². The highest BCUT2D eigenvalue weighted by molar-refractivity contribution is 8.29. The molecule has 1 aliphatic rings. The summed E-state index contributed by atoms with van der Waals surface area (Å²) in [4.78, 5) is 0. The zero-order valence-corrected chi connectivity index (χ0v) is 11.5. The van der Waals surface area contributed by atoms with E-state index in [-0.39, 0.29) is 13.0 Å². The van der Waals surface area contributed by atoms with Crippen LogP contribution in [0.2, 0.25) is 0 Å². The molecule has 108 valence electrons. The molecule has 0 saturated carbocycles. The Balaban J connectivity index is 2.54. The predicted octanol–water partition coefficient (Wildman–Crippen LogP) is -2.47. The van der Waals surface area contributed by atoms with E-state index in [4.69, 9.17) is 14.0 Å². The van der Waals surface area contributed by atoms with Crippen molar-refractivity contribution in [1.82, 2.24) is 0 Å². The second kappa shape index (κ2) is 6.53. The van der Waals surface area contributed by atoms with Crippen LogP contribution < -0.4 is 0 Å². The fourth-order valence-corrected chi connectivity index (χ4v) is 2.34. The van der Waals surface area contributed by atoms with Gasteiger partial charge in [0.15, 0.2) is 0 Å². The first-order chi connectivity index (χ1) is 8.26. The van der Waals surface area contributed by atoms with Gasteiger partial charge in [-0.15, -0.1) is 0 Å². The van der Waals surface area contributed by atoms with E-state index in [0.717, 1.165) is 0 Å². The lowest BCUT2D eigenvalue weighted by Gasteiger charge is -2.40. The molecule has 4 N–H and O–H groups in total. The van der Waals surface area contributed by atoms with Gasteiger partial charge in [-0.25, -0.2) is 4.21 Å². The van der Waals surface area contributed by atoms with Gasteiger partial charge in [-0.1, -0.05) is 0 Å². The number of aliphatic hydroxyl groups is 4. The largest absolute Gasteiger partial charge is 0.394 e. The topological polar surface area (TPSA) is 116 Å². The Hall–Kier alpha value is 0.130. The van der Waals surface area contributed by atoms with Crippen molar-refractivity contribution in [1.29, 1.82) is 0 Å². The number of ether oxygens (including phenoxy) is 1. The highest BCUT2D eigenvalue weighted by Gasteiger charge is 2.42. The molecule has 0 bridgehead atoms. The molecule has 1 rings (SSSR count). The van der Waals surface area contributed by atoms with Crippen molar-refractivity contribution in [2.24, 2.45) is 0 Å². The highest BCUT2D eigenvalue weighted by Crippen LogP contribution is 2.23. The average molecular weight is 302 g/mol. The molecule has 0 aliphatic carbocycles. The van der Waals surface area contributed by atoms with E-state index in [9.17, 15) is 19.5 Å². The summed E-state index contributed by atoms with van der Waals surface area (Å²) in [7, 11) is -2.75. The van der Waals surface area contributed by atoms with Crippen molar-refractivity contribution in [2.75, 3.05) is 19.5 Å². The van der Waals surface area contributed by atoms with Crippen LogP contribution in [0.4, 0.5) is 0 Å². The molecule has 2 unspecified atom stereocenters. The smallest absolute Gasteiger partial charge is 0.141 e. The SMILES string of the molecule is CS(=O)(=S)OCCC1O[C@H](CO)[C@H](O)[C@H](O)[C@H]1O. The maximum Gasteiger partial charge on any atom is 0.141 e. The van der Waals surface area contributed by atoms with Crippen LogP contribution in [0.5, 0.6) is 0 Å². The van der Waals surface area contributed by atoms with Gasteiger partial charge < -0.3 is 25.2 Å². The van der Waals surface area contributed by atoms with E-state index in [1.165, 1.54) is 6.26 Å². The van der Waals surface area contributed by atoms with Crippen LogP contribution >= 0.6 is 0 Å². The normalized spacial score (nSPS) is 40.4. The van der Waals surface area contributed by atoms with Gasteiger partial charge >= 0.3 is 0 Å². The minimum atomic E-state index is -2.75. The second-order valence-corrected chi connectivity index (χ2v) is 7.64. The molecule has 0 aromatic carbocycles. The van der Waals surface area contributed by atoms with Crippen LogP contribution in [0.15, 0.2) is 0 Å². The molecule has 9 heteroatoms. The van der Waals surface area contributed by atoms with Gasteiger partial charge in [0.25, 0.3) is 0 Å². The van der Waals surface area contributed by atoms with E-state index in [2.05, 4.69) is 11.2 Å². The number of hydrogen-bond donors (Lipinski definition) is 4. The van der Waals surface area contributed by atoms with Crippen LogP contribution in [0.1, 0.15) is 6.42 Å². The van der Waals surface area contributed by atoms with Gasteiger partial charge in [-0.05, 0) is 0 Å². The summed E-state index contributed by atoms with van der Waals surface area (Å²) < 4.78 is 21.2. The Kier molecular flexibility index (Phi) is 5.87. The third kappa shape index (κ3) is 4.35. The number of aliphatic hydroxyl groups excluding tert-OH is 4. The molecule has 7 nitrogen and oxygen atoms in total. The Morgan fingerprint density at radius 1 is 1.22 bits per heavy atom. The van der Waals surface area contributed by atoms with Gasteiger partial charge in [-0.2, -0.15) is 0 Å². The van der Waals surface area contributed by atoms with Crippen LogP contribution in [0, 0.1) is 0 Å². The summed E-state index contributed by atoms with van der Waals surface area (Å²) in [5, 5.41) is 37.7. The van der Waals surface area contributed by atoms with Crippen molar-refractivity contribution >= 4 is 20.0 Å². The Morgan fingerprint density at radius 2 is 1.78 bits per heavy atom. The maximum atomic E-state index is 11.1. The van der Waals surface area contributed by atoms with Crippen molar-refractivity contribution in [2.45, 2.75) is 36.9 Å². The molecule has 6 atom stereocenters. The fraction of sp³-hybridized carbons (Fsp3) is 1.00. The fourth-order valence-electron chi connectivity index (χ4n) is 1.73. The quantitative estimate of drug-likeness (QED) is 0.441. The van der Waals surface area contributed by atoms with Gasteiger partial charge in [0, 0.05) is 23.9 Å². The van der Waals surface area contributed by atoms with E-state index < -0.39 is 45.9 Å². The molecule has 0 amide bonds. The first kappa shape index (κ1) is 16.2. The summed E-state index contributed by atoms with van der Waals surface area (Å²) >= 11 is 4.54. The average Bonchev–Trinajstić information content (AvgIpc) is 2.27. The molecule has 1 fully saturated rings. The third-order valence-corrected chi connectivity index (χ3v) is 3.57. The molecule has 18 heavy (non-hydrogen) atoms. The van der Waals surface area contributed by atoms with E-state index in [0.29, 0.717) is 0 Å². The highest BCUT2D eigenvalue weighted by atomic mass is 32.8. The zero-order valence-electron chi connectivity index (χ0n) is 9.84. The van der Waals surface area contributed by atoms with Gasteiger partial charge in [0.05, 0.1) is 19.3 Å². The molecule has 0 radical (unpaired) electrons. The lowest BCUT2D eigenvalue weighted by molar-refractivity contribution is -0.231. The number of hydrogen-bond acceptors (Lipinski definition) is 8. The monoisotopic (exact) mass is 302 g/mol. The second-order valence-electron chi connectivity index (χ2n) is 4.18. The van der Waals surface area contributed by atoms with Gasteiger partial charge in [0.2, 0.25) is 0 Å². The van der Waals surface area contributed by atoms with Crippen molar-refractivity contribution < 1.29 is 33.6 Å². The Labute approximate surface area is 110 Å². The molecular weight excluding hydrogens is 284 g/mol. The van der Waals surface area contributed by atoms with Crippen molar-refractivity contribution in [3.63, 3.8) is 0 Å². The van der Waals surface area contributed by atoms with Gasteiger partial charge in [0.1, 0.15) is 33.2 Å². The summed E-state index contributed by atoms with van der Waals surface area (Å²) in [5.41, 5.74) is 0. The maximum absolute atomic E-state index is 11.1. The van der Waals surface area contributed by atoms with Gasteiger partial charge in [-0.3, -0.25) is 4.18 Å². The van der Waals surface area contributed by atoms with Crippen LogP contribution in [0.25, 0.3) is 0 Å². The molecule has 1 saturated heterocycles. The summed E-state index contributed by atoms with van der Waals surface area (Å²) in [6.45, 7) is -0.491. The van der Waals surface area contributed by atoms with E-state index in [1.807, 2.05) is 0 Å². The third-order valence-electron chi connectivity index (χ3n) is 2.69. The minimum Gasteiger partial charge on any atom is -0.394 e. The zero-order chi connectivity index (χ0) is 13.9. The molecule has 0 aromatic heterocycles. The summed E-state index contributed by atoms with van der Waals surface area (Å²) in [6, 6.07) is 0. The van der Waals surface area contributed by atoms with Crippen LogP contribution in [0.3, 0.4) is 0 Å². The van der Waals surface area contributed by atoms with E-state index in [1.54, 1.807) is 0 Å². The van der Waals surface area contributed by atoms with Crippen LogP contribution in [-0.4, -0.2) is 74.6 Å². The Morgan fingerprint density at radius 3 is 2.28 bits per heavy atom. The lowest BCUT2D eigenvalue weighted by Crippen LogP contribution is -2.58. The summed E-state index contributed by atoms with van der Waals surface area (Å²) in [6.07, 6.45) is -4.45. The Bertz CT molecular complexity index is 356. The predicted molar refractivity (Wildman–Crippen MR) is 65.8 cm³/mol. The minimum absolute atomic E-state index is 0.0124. The first-order valence-electron chi connectivity index (χ1n) is 5.41. The molecule has 0 spiro atoms. The van der Waals surface area contributed by atoms with E-state index >= 15 is 0 Å². The van der Waals surface area contributed by atoms with Crippen molar-refractivity contribution in [3.05, 3.63) is 0 Å². The molecule has 1 aliphatic heterocycles.